The van der Waals surface area contributed by atoms with Gasteiger partial charge in [0.1, 0.15) is 11.4 Å². The highest BCUT2D eigenvalue weighted by molar-refractivity contribution is 6.42. The van der Waals surface area contributed by atoms with Crippen molar-refractivity contribution in [3.05, 3.63) is 70.3 Å². The molecule has 1 aliphatic heterocycles. The molecular weight excluding hydrogens is 442 g/mol. The molecule has 6 nitrogen and oxygen atoms in total. The maximum atomic E-state index is 15.3. The number of alkyl halides is 1. The zero-order valence-electron chi connectivity index (χ0n) is 16.7. The highest BCUT2D eigenvalue weighted by Crippen LogP contribution is 2.28. The number of rotatable bonds is 6. The van der Waals surface area contributed by atoms with Crippen molar-refractivity contribution in [1.82, 2.24) is 20.2 Å². The number of aromatic nitrogens is 2. The Morgan fingerprint density at radius 1 is 1.19 bits per heavy atom. The van der Waals surface area contributed by atoms with Crippen molar-refractivity contribution in [2.75, 3.05) is 19.6 Å². The number of amides is 1. The highest BCUT2D eigenvalue weighted by atomic mass is 35.5. The Bertz CT molecular complexity index is 1050. The van der Waals surface area contributed by atoms with E-state index in [0.29, 0.717) is 46.7 Å². The zero-order chi connectivity index (χ0) is 21.8. The quantitative estimate of drug-likeness (QED) is 0.570. The van der Waals surface area contributed by atoms with Gasteiger partial charge in [0.25, 0.3) is 5.91 Å². The summed E-state index contributed by atoms with van der Waals surface area (Å²) in [5, 5.41) is 3.88. The number of nitrogens with one attached hydrogen (secondary N) is 1. The Kier molecular flexibility index (Phi) is 6.55. The molecule has 1 fully saturated rings. The molecule has 0 aliphatic carbocycles. The predicted octanol–water partition coefficient (Wildman–Crippen LogP) is 4.78. The molecule has 0 spiro atoms. The molecule has 1 N–H and O–H groups in total. The number of carbonyl (C=O) groups is 1. The van der Waals surface area contributed by atoms with Crippen molar-refractivity contribution >= 4 is 29.1 Å². The zero-order valence-corrected chi connectivity index (χ0v) is 18.2. The summed E-state index contributed by atoms with van der Waals surface area (Å²) in [4.78, 5) is 22.7. The molecule has 3 aromatic rings. The number of hydrogen-bond donors (Lipinski definition) is 1. The van der Waals surface area contributed by atoms with E-state index in [2.05, 4.69) is 15.3 Å². The van der Waals surface area contributed by atoms with E-state index in [1.807, 2.05) is 18.2 Å². The van der Waals surface area contributed by atoms with E-state index in [4.69, 9.17) is 27.6 Å². The van der Waals surface area contributed by atoms with Crippen LogP contribution >= 0.6 is 23.2 Å². The van der Waals surface area contributed by atoms with Crippen molar-refractivity contribution in [2.24, 2.45) is 0 Å². The lowest BCUT2D eigenvalue weighted by Gasteiger charge is -2.36. The van der Waals surface area contributed by atoms with Crippen molar-refractivity contribution < 1.29 is 13.6 Å². The Hall–Kier alpha value is -2.48. The second-order valence-electron chi connectivity index (χ2n) is 7.56. The third kappa shape index (κ3) is 5.23. The first-order chi connectivity index (χ1) is 14.9. The molecule has 3 heterocycles. The monoisotopic (exact) mass is 462 g/mol. The number of hydrogen-bond acceptors (Lipinski definition) is 5. The number of nitrogens with zero attached hydrogens (tertiary/aromatic N) is 3. The Morgan fingerprint density at radius 3 is 2.71 bits per heavy atom. The van der Waals surface area contributed by atoms with E-state index < -0.39 is 5.67 Å². The minimum absolute atomic E-state index is 0.165. The standard InChI is InChI=1S/C22H21Cl2FN4O2/c23-17-5-4-15(10-18(17)24)21(30)29-8-6-22(25,7-9-29)13-26-11-16-2-1-3-19(28-16)20-12-27-14-31-20/h1-5,10,12,14,26H,6-9,11,13H2. The van der Waals surface area contributed by atoms with Gasteiger partial charge in [0.05, 0.1) is 21.9 Å². The SMILES string of the molecule is O=C(c1ccc(Cl)c(Cl)c1)N1CCC(F)(CNCc2cccc(-c3cnco3)n2)CC1. The topological polar surface area (TPSA) is 71.3 Å². The van der Waals surface area contributed by atoms with E-state index in [1.165, 1.54) is 6.39 Å². The molecule has 0 atom stereocenters. The third-order valence-electron chi connectivity index (χ3n) is 5.35. The summed E-state index contributed by atoms with van der Waals surface area (Å²) in [6.45, 7) is 1.31. The summed E-state index contributed by atoms with van der Waals surface area (Å²) < 4.78 is 20.5. The summed E-state index contributed by atoms with van der Waals surface area (Å²) >= 11 is 11.9. The number of likely N-dealkylation sites (tertiary alicyclic amines) is 1. The molecule has 0 saturated carbocycles. The van der Waals surface area contributed by atoms with Crippen molar-refractivity contribution in [1.29, 1.82) is 0 Å². The van der Waals surface area contributed by atoms with Crippen LogP contribution in [-0.4, -0.2) is 46.1 Å². The highest BCUT2D eigenvalue weighted by Gasteiger charge is 2.36. The van der Waals surface area contributed by atoms with Crippen LogP contribution < -0.4 is 5.32 Å². The summed E-state index contributed by atoms with van der Waals surface area (Å²) in [6, 6.07) is 10.4. The van der Waals surface area contributed by atoms with Crippen molar-refractivity contribution in [3.63, 3.8) is 0 Å². The molecule has 0 unspecified atom stereocenters. The van der Waals surface area contributed by atoms with Gasteiger partial charge in [0, 0.05) is 44.6 Å². The summed E-state index contributed by atoms with van der Waals surface area (Å²) in [6.07, 6.45) is 3.48. The van der Waals surface area contributed by atoms with Crippen LogP contribution in [0.2, 0.25) is 10.0 Å². The average Bonchev–Trinajstić information content (AvgIpc) is 3.31. The summed E-state index contributed by atoms with van der Waals surface area (Å²) in [5.74, 6) is 0.421. The van der Waals surface area contributed by atoms with Gasteiger partial charge in [-0.3, -0.25) is 4.79 Å². The van der Waals surface area contributed by atoms with Crippen LogP contribution in [0.15, 0.2) is 53.4 Å². The number of benzene rings is 1. The smallest absolute Gasteiger partial charge is 0.253 e. The van der Waals surface area contributed by atoms with Crippen LogP contribution in [0.5, 0.6) is 0 Å². The van der Waals surface area contributed by atoms with Crippen LogP contribution in [-0.2, 0) is 6.54 Å². The molecule has 1 aromatic carbocycles. The van der Waals surface area contributed by atoms with Crippen molar-refractivity contribution in [2.45, 2.75) is 25.1 Å². The predicted molar refractivity (Wildman–Crippen MR) is 117 cm³/mol. The van der Waals surface area contributed by atoms with Gasteiger partial charge in [0.15, 0.2) is 12.2 Å². The number of halogens is 3. The Labute approximate surface area is 189 Å². The second kappa shape index (κ2) is 9.34. The summed E-state index contributed by atoms with van der Waals surface area (Å²) in [5.41, 5.74) is 0.541. The van der Waals surface area contributed by atoms with Crippen LogP contribution in [0.4, 0.5) is 4.39 Å². The van der Waals surface area contributed by atoms with Gasteiger partial charge in [-0.25, -0.2) is 14.4 Å². The molecule has 9 heteroatoms. The van der Waals surface area contributed by atoms with E-state index in [9.17, 15) is 4.79 Å². The Morgan fingerprint density at radius 2 is 2.00 bits per heavy atom. The maximum Gasteiger partial charge on any atom is 0.253 e. The normalized spacial score (nSPS) is 15.8. The van der Waals surface area contributed by atoms with E-state index in [0.717, 1.165) is 5.69 Å². The lowest BCUT2D eigenvalue weighted by Crippen LogP contribution is -2.48. The van der Waals surface area contributed by atoms with Crippen molar-refractivity contribution in [3.8, 4) is 11.5 Å². The maximum absolute atomic E-state index is 15.3. The van der Waals surface area contributed by atoms with E-state index >= 15 is 4.39 Å². The molecular formula is C22H21Cl2FN4O2. The van der Waals surface area contributed by atoms with Crippen LogP contribution in [0.3, 0.4) is 0 Å². The molecule has 1 aliphatic rings. The van der Waals surface area contributed by atoms with Crippen LogP contribution in [0.1, 0.15) is 28.9 Å². The first-order valence-electron chi connectivity index (χ1n) is 9.92. The van der Waals surface area contributed by atoms with Gasteiger partial charge in [-0.2, -0.15) is 0 Å². The average molecular weight is 463 g/mol. The van der Waals surface area contributed by atoms with Gasteiger partial charge in [-0.1, -0.05) is 29.3 Å². The molecule has 2 aromatic heterocycles. The molecule has 4 rings (SSSR count). The molecule has 1 saturated heterocycles. The van der Waals surface area contributed by atoms with Crippen LogP contribution in [0, 0.1) is 0 Å². The second-order valence-corrected chi connectivity index (χ2v) is 8.37. The fourth-order valence-corrected chi connectivity index (χ4v) is 3.87. The molecule has 0 bridgehead atoms. The number of carbonyl (C=O) groups excluding carboxylic acids is 1. The molecule has 162 valence electrons. The van der Waals surface area contributed by atoms with Gasteiger partial charge < -0.3 is 14.6 Å². The molecule has 31 heavy (non-hydrogen) atoms. The fourth-order valence-electron chi connectivity index (χ4n) is 3.57. The first kappa shape index (κ1) is 21.7. The van der Waals surface area contributed by atoms with Gasteiger partial charge in [0.2, 0.25) is 0 Å². The molecule has 1 amide bonds. The minimum atomic E-state index is -1.38. The Balaban J connectivity index is 1.28. The summed E-state index contributed by atoms with van der Waals surface area (Å²) in [7, 11) is 0. The number of oxazole rings is 1. The van der Waals surface area contributed by atoms with Gasteiger partial charge >= 0.3 is 0 Å². The van der Waals surface area contributed by atoms with Crippen LogP contribution in [0.25, 0.3) is 11.5 Å². The fraction of sp³-hybridized carbons (Fsp3) is 0.318. The largest absolute Gasteiger partial charge is 0.442 e. The van der Waals surface area contributed by atoms with E-state index in [-0.39, 0.29) is 25.3 Å². The lowest BCUT2D eigenvalue weighted by atomic mass is 9.92. The number of piperidine rings is 1. The minimum Gasteiger partial charge on any atom is -0.442 e. The van der Waals surface area contributed by atoms with Gasteiger partial charge in [-0.05, 0) is 30.3 Å². The lowest BCUT2D eigenvalue weighted by molar-refractivity contribution is 0.0434. The van der Waals surface area contributed by atoms with Gasteiger partial charge in [-0.15, -0.1) is 0 Å². The molecule has 0 radical (unpaired) electrons. The third-order valence-corrected chi connectivity index (χ3v) is 6.09. The number of pyridine rings is 1. The van der Waals surface area contributed by atoms with E-state index in [1.54, 1.807) is 29.3 Å². The first-order valence-corrected chi connectivity index (χ1v) is 10.7.